The Balaban J connectivity index is 1.90. The van der Waals surface area contributed by atoms with Gasteiger partial charge < -0.3 is 10.1 Å². The first-order chi connectivity index (χ1) is 12.8. The van der Waals surface area contributed by atoms with E-state index in [1.807, 2.05) is 6.07 Å². The van der Waals surface area contributed by atoms with E-state index in [1.54, 1.807) is 12.1 Å². The van der Waals surface area contributed by atoms with Crippen LogP contribution in [0.4, 0.5) is 18.9 Å². The Hall–Kier alpha value is -3.60. The SMILES string of the molecule is N#Cc1ccccc1NC(=O)COC(=O)/C=C/c1cccc(C(F)(F)F)c1. The molecule has 0 saturated heterocycles. The number of amides is 1. The lowest BCUT2D eigenvalue weighted by molar-refractivity contribution is -0.142. The number of ether oxygens (including phenoxy) is 1. The fourth-order valence-electron chi connectivity index (χ4n) is 2.04. The van der Waals surface area contributed by atoms with Crippen LogP contribution < -0.4 is 5.32 Å². The van der Waals surface area contributed by atoms with Crippen molar-refractivity contribution >= 4 is 23.6 Å². The molecule has 27 heavy (non-hydrogen) atoms. The molecule has 8 heteroatoms. The molecule has 1 N–H and O–H groups in total. The highest BCUT2D eigenvalue weighted by atomic mass is 19.4. The Kier molecular flexibility index (Phi) is 6.33. The summed E-state index contributed by atoms with van der Waals surface area (Å²) in [7, 11) is 0. The van der Waals surface area contributed by atoms with Crippen LogP contribution in [-0.2, 0) is 20.5 Å². The Morgan fingerprint density at radius 1 is 1.15 bits per heavy atom. The predicted molar refractivity (Wildman–Crippen MR) is 91.2 cm³/mol. The number of nitrogens with one attached hydrogen (secondary N) is 1. The summed E-state index contributed by atoms with van der Waals surface area (Å²) in [6.07, 6.45) is -2.41. The van der Waals surface area contributed by atoms with Crippen molar-refractivity contribution in [3.05, 3.63) is 71.3 Å². The van der Waals surface area contributed by atoms with Gasteiger partial charge in [-0.05, 0) is 35.9 Å². The van der Waals surface area contributed by atoms with Gasteiger partial charge in [0.2, 0.25) is 0 Å². The van der Waals surface area contributed by atoms with E-state index in [1.165, 1.54) is 24.3 Å². The number of alkyl halides is 3. The topological polar surface area (TPSA) is 79.2 Å². The maximum atomic E-state index is 12.6. The summed E-state index contributed by atoms with van der Waals surface area (Å²) in [5.41, 5.74) is -0.148. The van der Waals surface area contributed by atoms with Crippen LogP contribution >= 0.6 is 0 Å². The monoisotopic (exact) mass is 374 g/mol. The van der Waals surface area contributed by atoms with Gasteiger partial charge in [-0.15, -0.1) is 0 Å². The molecule has 0 aliphatic rings. The zero-order valence-corrected chi connectivity index (χ0v) is 13.8. The van der Waals surface area contributed by atoms with E-state index in [9.17, 15) is 22.8 Å². The summed E-state index contributed by atoms with van der Waals surface area (Å²) in [4.78, 5) is 23.4. The number of hydrogen-bond acceptors (Lipinski definition) is 4. The zero-order chi connectivity index (χ0) is 19.9. The number of anilines is 1. The van der Waals surface area contributed by atoms with Crippen LogP contribution in [-0.4, -0.2) is 18.5 Å². The molecule has 5 nitrogen and oxygen atoms in total. The van der Waals surface area contributed by atoms with Gasteiger partial charge in [-0.2, -0.15) is 18.4 Å². The summed E-state index contributed by atoms with van der Waals surface area (Å²) in [6, 6.07) is 12.6. The quantitative estimate of drug-likeness (QED) is 0.638. The van der Waals surface area contributed by atoms with Crippen LogP contribution in [0.1, 0.15) is 16.7 Å². The summed E-state index contributed by atoms with van der Waals surface area (Å²) in [5.74, 6) is -1.55. The van der Waals surface area contributed by atoms with Crippen molar-refractivity contribution in [1.82, 2.24) is 0 Å². The van der Waals surface area contributed by atoms with Crippen LogP contribution in [0.5, 0.6) is 0 Å². The Morgan fingerprint density at radius 3 is 2.59 bits per heavy atom. The molecule has 2 aromatic carbocycles. The molecular formula is C19H13F3N2O3. The fraction of sp³-hybridized carbons (Fsp3) is 0.105. The average Bonchev–Trinajstić information content (AvgIpc) is 2.64. The van der Waals surface area contributed by atoms with Crippen molar-refractivity contribution in [1.29, 1.82) is 5.26 Å². The highest BCUT2D eigenvalue weighted by Gasteiger charge is 2.30. The second kappa shape index (κ2) is 8.67. The number of para-hydroxylation sites is 1. The highest BCUT2D eigenvalue weighted by molar-refractivity contribution is 5.95. The van der Waals surface area contributed by atoms with Crippen molar-refractivity contribution < 1.29 is 27.5 Å². The van der Waals surface area contributed by atoms with Crippen LogP contribution in [0.15, 0.2) is 54.6 Å². The van der Waals surface area contributed by atoms with E-state index in [0.29, 0.717) is 0 Å². The van der Waals surface area contributed by atoms with Gasteiger partial charge in [0.15, 0.2) is 6.61 Å². The van der Waals surface area contributed by atoms with Gasteiger partial charge in [-0.3, -0.25) is 4.79 Å². The molecule has 1 amide bonds. The van der Waals surface area contributed by atoms with E-state index >= 15 is 0 Å². The molecule has 0 fully saturated rings. The largest absolute Gasteiger partial charge is 0.452 e. The number of esters is 1. The normalized spacial score (nSPS) is 11.0. The number of halogens is 3. The lowest BCUT2D eigenvalue weighted by atomic mass is 10.1. The summed E-state index contributed by atoms with van der Waals surface area (Å²) in [5, 5.41) is 11.4. The second-order valence-corrected chi connectivity index (χ2v) is 5.27. The van der Waals surface area contributed by atoms with Gasteiger partial charge in [0, 0.05) is 6.08 Å². The van der Waals surface area contributed by atoms with Crippen molar-refractivity contribution in [2.45, 2.75) is 6.18 Å². The summed E-state index contributed by atoms with van der Waals surface area (Å²) in [6.45, 7) is -0.606. The number of nitrogens with zero attached hydrogens (tertiary/aromatic N) is 1. The van der Waals surface area contributed by atoms with Crippen molar-refractivity contribution in [2.75, 3.05) is 11.9 Å². The summed E-state index contributed by atoms with van der Waals surface area (Å²) < 4.78 is 42.6. The Bertz CT molecular complexity index is 915. The number of nitriles is 1. The average molecular weight is 374 g/mol. The molecule has 2 aromatic rings. The summed E-state index contributed by atoms with van der Waals surface area (Å²) >= 11 is 0. The predicted octanol–water partition coefficient (Wildman–Crippen LogP) is 3.77. The molecule has 0 bridgehead atoms. The molecule has 0 aliphatic heterocycles. The lowest BCUT2D eigenvalue weighted by Gasteiger charge is -2.07. The van der Waals surface area contributed by atoms with Crippen molar-refractivity contribution in [2.24, 2.45) is 0 Å². The maximum absolute atomic E-state index is 12.6. The van der Waals surface area contributed by atoms with Gasteiger partial charge in [-0.25, -0.2) is 4.79 Å². The molecule has 0 heterocycles. The Morgan fingerprint density at radius 2 is 1.89 bits per heavy atom. The van der Waals surface area contributed by atoms with E-state index in [-0.39, 0.29) is 16.8 Å². The third kappa shape index (κ3) is 6.01. The van der Waals surface area contributed by atoms with Crippen LogP contribution in [0.2, 0.25) is 0 Å². The van der Waals surface area contributed by atoms with Crippen molar-refractivity contribution in [3.8, 4) is 6.07 Å². The van der Waals surface area contributed by atoms with Crippen molar-refractivity contribution in [3.63, 3.8) is 0 Å². The molecule has 0 unspecified atom stereocenters. The lowest BCUT2D eigenvalue weighted by Crippen LogP contribution is -2.20. The molecule has 138 valence electrons. The second-order valence-electron chi connectivity index (χ2n) is 5.27. The first-order valence-corrected chi connectivity index (χ1v) is 7.60. The standard InChI is InChI=1S/C19H13F3N2O3/c20-19(21,22)15-6-3-4-13(10-15)8-9-18(26)27-12-17(25)24-16-7-2-1-5-14(16)11-23/h1-10H,12H2,(H,24,25)/b9-8+. The van der Waals surface area contributed by atoms with E-state index < -0.39 is 30.2 Å². The molecular weight excluding hydrogens is 361 g/mol. The maximum Gasteiger partial charge on any atom is 0.416 e. The number of carbonyl (C=O) groups is 2. The number of hydrogen-bond donors (Lipinski definition) is 1. The van der Waals surface area contributed by atoms with E-state index in [0.717, 1.165) is 24.3 Å². The van der Waals surface area contributed by atoms with E-state index in [4.69, 9.17) is 10.00 Å². The molecule has 0 aliphatic carbocycles. The highest BCUT2D eigenvalue weighted by Crippen LogP contribution is 2.29. The molecule has 0 radical (unpaired) electrons. The minimum Gasteiger partial charge on any atom is -0.452 e. The number of carbonyl (C=O) groups excluding carboxylic acids is 2. The number of rotatable bonds is 5. The van der Waals surface area contributed by atoms with Gasteiger partial charge in [-0.1, -0.05) is 24.3 Å². The first-order valence-electron chi connectivity index (χ1n) is 7.60. The third-order valence-electron chi connectivity index (χ3n) is 3.29. The Labute approximate surface area is 152 Å². The van der Waals surface area contributed by atoms with Gasteiger partial charge in [0.05, 0.1) is 16.8 Å². The van der Waals surface area contributed by atoms with Gasteiger partial charge in [0.25, 0.3) is 5.91 Å². The van der Waals surface area contributed by atoms with Crippen LogP contribution in [0.3, 0.4) is 0 Å². The number of benzene rings is 2. The van der Waals surface area contributed by atoms with Gasteiger partial charge >= 0.3 is 12.1 Å². The molecule has 0 saturated carbocycles. The van der Waals surface area contributed by atoms with Gasteiger partial charge in [0.1, 0.15) is 6.07 Å². The first kappa shape index (κ1) is 19.7. The molecule has 0 spiro atoms. The third-order valence-corrected chi connectivity index (χ3v) is 3.29. The minimum absolute atomic E-state index is 0.161. The molecule has 2 rings (SSSR count). The van der Waals surface area contributed by atoms with Crippen LogP contribution in [0.25, 0.3) is 6.08 Å². The van der Waals surface area contributed by atoms with Crippen LogP contribution in [0, 0.1) is 11.3 Å². The zero-order valence-electron chi connectivity index (χ0n) is 13.8. The van der Waals surface area contributed by atoms with E-state index in [2.05, 4.69) is 5.32 Å². The smallest absolute Gasteiger partial charge is 0.416 e. The molecule has 0 aromatic heterocycles. The fourth-order valence-corrected chi connectivity index (χ4v) is 2.04. The minimum atomic E-state index is -4.48. The molecule has 0 atom stereocenters.